The Morgan fingerprint density at radius 2 is 1.96 bits per heavy atom. The van der Waals surface area contributed by atoms with Crippen molar-refractivity contribution in [2.75, 3.05) is 39.4 Å². The third-order valence-corrected chi connectivity index (χ3v) is 4.46. The summed E-state index contributed by atoms with van der Waals surface area (Å²) in [5, 5.41) is 2.92. The van der Waals surface area contributed by atoms with Crippen LogP contribution in [0, 0.1) is 6.92 Å². The lowest BCUT2D eigenvalue weighted by Crippen LogP contribution is -2.43. The molecule has 0 aromatic heterocycles. The molecule has 1 N–H and O–H groups in total. The summed E-state index contributed by atoms with van der Waals surface area (Å²) < 4.78 is 11.4. The number of aryl methyl sites for hydroxylation is 1. The van der Waals surface area contributed by atoms with Crippen LogP contribution in [0.3, 0.4) is 0 Å². The third-order valence-electron chi connectivity index (χ3n) is 4.46. The number of ether oxygens (including phenoxy) is 2. The van der Waals surface area contributed by atoms with Crippen molar-refractivity contribution in [2.24, 2.45) is 0 Å². The zero-order valence-electron chi connectivity index (χ0n) is 15.2. The Bertz CT molecular complexity index is 688. The van der Waals surface area contributed by atoms with Crippen LogP contribution in [0.4, 0.5) is 0 Å². The first kappa shape index (κ1) is 18.4. The molecule has 138 valence electrons. The van der Waals surface area contributed by atoms with Gasteiger partial charge in [-0.25, -0.2) is 0 Å². The number of hydrogen-bond acceptors (Lipinski definition) is 4. The molecule has 2 aromatic carbocycles. The molecule has 5 nitrogen and oxygen atoms in total. The Balaban J connectivity index is 1.36. The van der Waals surface area contributed by atoms with E-state index in [4.69, 9.17) is 9.47 Å². The lowest BCUT2D eigenvalue weighted by Gasteiger charge is -2.33. The molecule has 1 unspecified atom stereocenters. The highest BCUT2D eigenvalue weighted by Gasteiger charge is 2.21. The molecule has 5 heteroatoms. The van der Waals surface area contributed by atoms with E-state index in [1.807, 2.05) is 49.4 Å². The van der Waals surface area contributed by atoms with Crippen molar-refractivity contribution in [3.63, 3.8) is 0 Å². The molecule has 0 saturated carbocycles. The van der Waals surface area contributed by atoms with E-state index in [0.29, 0.717) is 18.9 Å². The number of nitrogens with zero attached hydrogens (tertiary/aromatic N) is 1. The van der Waals surface area contributed by atoms with E-state index in [0.717, 1.165) is 19.6 Å². The molecule has 1 aliphatic heterocycles. The average Bonchev–Trinajstić information content (AvgIpc) is 2.68. The van der Waals surface area contributed by atoms with Gasteiger partial charge in [0.1, 0.15) is 5.75 Å². The minimum absolute atomic E-state index is 0.0405. The van der Waals surface area contributed by atoms with Crippen LogP contribution in [0.15, 0.2) is 54.6 Å². The minimum Gasteiger partial charge on any atom is -0.484 e. The SMILES string of the molecule is Cc1ccc(OCC(=O)NCCN2CCOC(c3ccccc3)C2)cc1. The number of carbonyl (C=O) groups is 1. The fourth-order valence-electron chi connectivity index (χ4n) is 2.96. The summed E-state index contributed by atoms with van der Waals surface area (Å²) >= 11 is 0. The van der Waals surface area contributed by atoms with Crippen LogP contribution in [-0.2, 0) is 9.53 Å². The molecule has 1 saturated heterocycles. The van der Waals surface area contributed by atoms with Crippen molar-refractivity contribution in [1.82, 2.24) is 10.2 Å². The molecular formula is C21H26N2O3. The van der Waals surface area contributed by atoms with E-state index in [1.54, 1.807) is 0 Å². The molecule has 0 radical (unpaired) electrons. The highest BCUT2D eigenvalue weighted by molar-refractivity contribution is 5.77. The molecule has 1 atom stereocenters. The topological polar surface area (TPSA) is 50.8 Å². The summed E-state index contributed by atoms with van der Waals surface area (Å²) in [6.45, 7) is 5.92. The number of benzene rings is 2. The molecule has 1 aliphatic rings. The normalized spacial score (nSPS) is 17.7. The summed E-state index contributed by atoms with van der Waals surface area (Å²) in [5.74, 6) is 0.614. The highest BCUT2D eigenvalue weighted by atomic mass is 16.5. The Kier molecular flexibility index (Phi) is 6.63. The molecule has 2 aromatic rings. The van der Waals surface area contributed by atoms with Gasteiger partial charge in [0, 0.05) is 26.2 Å². The Hall–Kier alpha value is -2.37. The fourth-order valence-corrected chi connectivity index (χ4v) is 2.96. The molecule has 26 heavy (non-hydrogen) atoms. The Morgan fingerprint density at radius 3 is 2.73 bits per heavy atom. The molecule has 1 amide bonds. The minimum atomic E-state index is -0.0987. The predicted octanol–water partition coefficient (Wildman–Crippen LogP) is 2.56. The van der Waals surface area contributed by atoms with Crippen molar-refractivity contribution in [3.05, 3.63) is 65.7 Å². The van der Waals surface area contributed by atoms with E-state index in [9.17, 15) is 4.79 Å². The van der Waals surface area contributed by atoms with Gasteiger partial charge in [-0.05, 0) is 24.6 Å². The number of carbonyl (C=O) groups excluding carboxylic acids is 1. The lowest BCUT2D eigenvalue weighted by molar-refractivity contribution is -0.123. The van der Waals surface area contributed by atoms with Crippen LogP contribution in [0.1, 0.15) is 17.2 Å². The van der Waals surface area contributed by atoms with Gasteiger partial charge in [0.15, 0.2) is 6.61 Å². The van der Waals surface area contributed by atoms with Crippen molar-refractivity contribution in [1.29, 1.82) is 0 Å². The second kappa shape index (κ2) is 9.36. The smallest absolute Gasteiger partial charge is 0.257 e. The number of nitrogens with one attached hydrogen (secondary N) is 1. The number of hydrogen-bond donors (Lipinski definition) is 1. The first-order chi connectivity index (χ1) is 12.7. The van der Waals surface area contributed by atoms with Gasteiger partial charge in [0.25, 0.3) is 5.91 Å². The van der Waals surface area contributed by atoms with Crippen molar-refractivity contribution in [3.8, 4) is 5.75 Å². The van der Waals surface area contributed by atoms with Gasteiger partial charge in [0.2, 0.25) is 0 Å². The van der Waals surface area contributed by atoms with Gasteiger partial charge in [0.05, 0.1) is 12.7 Å². The standard InChI is InChI=1S/C21H26N2O3/c1-17-7-9-19(10-8-17)26-16-21(24)22-11-12-23-13-14-25-20(15-23)18-5-3-2-4-6-18/h2-10,20H,11-16H2,1H3,(H,22,24). The van der Waals surface area contributed by atoms with Crippen molar-refractivity contribution in [2.45, 2.75) is 13.0 Å². The van der Waals surface area contributed by atoms with Gasteiger partial charge in [-0.3, -0.25) is 9.69 Å². The van der Waals surface area contributed by atoms with Crippen LogP contribution in [0.2, 0.25) is 0 Å². The van der Waals surface area contributed by atoms with Gasteiger partial charge in [-0.2, -0.15) is 0 Å². The quantitative estimate of drug-likeness (QED) is 0.830. The second-order valence-corrected chi connectivity index (χ2v) is 6.52. The summed E-state index contributed by atoms with van der Waals surface area (Å²) in [6.07, 6.45) is 0.102. The molecular weight excluding hydrogens is 328 g/mol. The first-order valence-corrected chi connectivity index (χ1v) is 9.06. The number of amides is 1. The van der Waals surface area contributed by atoms with E-state index >= 15 is 0 Å². The van der Waals surface area contributed by atoms with Crippen molar-refractivity contribution < 1.29 is 14.3 Å². The third kappa shape index (κ3) is 5.58. The Morgan fingerprint density at radius 1 is 1.19 bits per heavy atom. The molecule has 0 bridgehead atoms. The molecule has 3 rings (SSSR count). The van der Waals surface area contributed by atoms with Crippen LogP contribution in [0.5, 0.6) is 5.75 Å². The number of morpholine rings is 1. The molecule has 0 spiro atoms. The lowest BCUT2D eigenvalue weighted by atomic mass is 10.1. The van der Waals surface area contributed by atoms with E-state index < -0.39 is 0 Å². The van der Waals surface area contributed by atoms with Gasteiger partial charge in [-0.1, -0.05) is 48.0 Å². The maximum atomic E-state index is 11.9. The Labute approximate surface area is 154 Å². The van der Waals surface area contributed by atoms with Crippen LogP contribution < -0.4 is 10.1 Å². The molecule has 1 heterocycles. The average molecular weight is 354 g/mol. The van der Waals surface area contributed by atoms with E-state index in [1.165, 1.54) is 11.1 Å². The maximum absolute atomic E-state index is 11.9. The van der Waals surface area contributed by atoms with Crippen LogP contribution >= 0.6 is 0 Å². The zero-order chi connectivity index (χ0) is 18.2. The van der Waals surface area contributed by atoms with Crippen LogP contribution in [0.25, 0.3) is 0 Å². The predicted molar refractivity (Wildman–Crippen MR) is 101 cm³/mol. The fraction of sp³-hybridized carbons (Fsp3) is 0.381. The summed E-state index contributed by atoms with van der Waals surface area (Å²) in [5.41, 5.74) is 2.37. The largest absolute Gasteiger partial charge is 0.484 e. The monoisotopic (exact) mass is 354 g/mol. The second-order valence-electron chi connectivity index (χ2n) is 6.52. The van der Waals surface area contributed by atoms with E-state index in [-0.39, 0.29) is 18.6 Å². The maximum Gasteiger partial charge on any atom is 0.257 e. The molecule has 1 fully saturated rings. The van der Waals surface area contributed by atoms with E-state index in [2.05, 4.69) is 22.3 Å². The summed E-state index contributed by atoms with van der Waals surface area (Å²) in [6, 6.07) is 18.0. The van der Waals surface area contributed by atoms with Crippen LogP contribution in [-0.4, -0.2) is 50.2 Å². The van der Waals surface area contributed by atoms with Gasteiger partial charge in [-0.15, -0.1) is 0 Å². The van der Waals surface area contributed by atoms with Gasteiger partial charge >= 0.3 is 0 Å². The highest BCUT2D eigenvalue weighted by Crippen LogP contribution is 2.21. The van der Waals surface area contributed by atoms with Gasteiger partial charge < -0.3 is 14.8 Å². The first-order valence-electron chi connectivity index (χ1n) is 9.06. The zero-order valence-corrected chi connectivity index (χ0v) is 15.2. The molecule has 0 aliphatic carbocycles. The number of rotatable bonds is 7. The summed E-state index contributed by atoms with van der Waals surface area (Å²) in [7, 11) is 0. The summed E-state index contributed by atoms with van der Waals surface area (Å²) in [4.78, 5) is 14.3. The van der Waals surface area contributed by atoms with Crippen molar-refractivity contribution >= 4 is 5.91 Å².